The van der Waals surface area contributed by atoms with Gasteiger partial charge in [-0.25, -0.2) is 4.39 Å². The van der Waals surface area contributed by atoms with E-state index >= 15 is 0 Å². The summed E-state index contributed by atoms with van der Waals surface area (Å²) in [5, 5.41) is 0. The van der Waals surface area contributed by atoms with Gasteiger partial charge in [0.25, 0.3) is 0 Å². The molecule has 2 aromatic rings. The van der Waals surface area contributed by atoms with E-state index in [4.69, 9.17) is 5.73 Å². The van der Waals surface area contributed by atoms with Crippen LogP contribution >= 0.6 is 0 Å². The molecule has 0 aliphatic heterocycles. The van der Waals surface area contributed by atoms with Gasteiger partial charge in [-0.15, -0.1) is 0 Å². The molecule has 0 bridgehead atoms. The predicted octanol–water partition coefficient (Wildman–Crippen LogP) is 2.91. The van der Waals surface area contributed by atoms with Crippen LogP contribution in [0.25, 0.3) is 11.1 Å². The SMILES string of the molecule is CC(N)c1cccc(-c2cncc(F)c2)c1. The van der Waals surface area contributed by atoms with Gasteiger partial charge in [0.05, 0.1) is 6.20 Å². The van der Waals surface area contributed by atoms with E-state index in [1.165, 1.54) is 12.3 Å². The summed E-state index contributed by atoms with van der Waals surface area (Å²) in [6, 6.07) is 9.19. The lowest BCUT2D eigenvalue weighted by Crippen LogP contribution is -2.04. The van der Waals surface area contributed by atoms with E-state index in [2.05, 4.69) is 4.98 Å². The van der Waals surface area contributed by atoms with Crippen LogP contribution in [0, 0.1) is 5.82 Å². The zero-order valence-electron chi connectivity index (χ0n) is 9.02. The fourth-order valence-electron chi connectivity index (χ4n) is 1.57. The molecule has 3 heteroatoms. The topological polar surface area (TPSA) is 38.9 Å². The second kappa shape index (κ2) is 4.41. The van der Waals surface area contributed by atoms with Crippen molar-refractivity contribution in [3.05, 3.63) is 54.1 Å². The minimum absolute atomic E-state index is 0.0264. The zero-order valence-corrected chi connectivity index (χ0v) is 9.02. The van der Waals surface area contributed by atoms with Crippen molar-refractivity contribution in [2.24, 2.45) is 5.73 Å². The third-order valence-corrected chi connectivity index (χ3v) is 2.45. The van der Waals surface area contributed by atoms with Crippen molar-refractivity contribution < 1.29 is 4.39 Å². The Bertz CT molecular complexity index is 495. The minimum atomic E-state index is -0.330. The molecule has 1 atom stereocenters. The van der Waals surface area contributed by atoms with Crippen LogP contribution in [0.3, 0.4) is 0 Å². The van der Waals surface area contributed by atoms with Gasteiger partial charge in [-0.1, -0.05) is 18.2 Å². The number of hydrogen-bond acceptors (Lipinski definition) is 2. The van der Waals surface area contributed by atoms with Crippen LogP contribution in [0.1, 0.15) is 18.5 Å². The first-order chi connectivity index (χ1) is 7.66. The molecule has 0 spiro atoms. The number of hydrogen-bond donors (Lipinski definition) is 1. The predicted molar refractivity (Wildman–Crippen MR) is 62.2 cm³/mol. The van der Waals surface area contributed by atoms with E-state index in [0.717, 1.165) is 16.7 Å². The Balaban J connectivity index is 2.44. The van der Waals surface area contributed by atoms with Gasteiger partial charge in [0, 0.05) is 17.8 Å². The molecule has 1 heterocycles. The van der Waals surface area contributed by atoms with Crippen LogP contribution in [-0.4, -0.2) is 4.98 Å². The van der Waals surface area contributed by atoms with Crippen molar-refractivity contribution in [1.29, 1.82) is 0 Å². The number of rotatable bonds is 2. The summed E-state index contributed by atoms with van der Waals surface area (Å²) < 4.78 is 13.0. The lowest BCUT2D eigenvalue weighted by Gasteiger charge is -2.08. The van der Waals surface area contributed by atoms with Crippen molar-refractivity contribution in [3.8, 4) is 11.1 Å². The molecule has 1 aromatic carbocycles. The Morgan fingerprint density at radius 3 is 2.69 bits per heavy atom. The number of benzene rings is 1. The molecule has 0 fully saturated rings. The summed E-state index contributed by atoms with van der Waals surface area (Å²) in [7, 11) is 0. The molecular weight excluding hydrogens is 203 g/mol. The van der Waals surface area contributed by atoms with E-state index in [1.54, 1.807) is 6.20 Å². The van der Waals surface area contributed by atoms with Crippen molar-refractivity contribution >= 4 is 0 Å². The maximum Gasteiger partial charge on any atom is 0.142 e. The van der Waals surface area contributed by atoms with Crippen LogP contribution in [0.5, 0.6) is 0 Å². The van der Waals surface area contributed by atoms with Gasteiger partial charge in [-0.3, -0.25) is 4.98 Å². The summed E-state index contributed by atoms with van der Waals surface area (Å²) in [6.45, 7) is 1.92. The van der Waals surface area contributed by atoms with E-state index in [9.17, 15) is 4.39 Å². The summed E-state index contributed by atoms with van der Waals surface area (Å²) in [5.41, 5.74) is 8.53. The molecule has 0 saturated carbocycles. The number of pyridine rings is 1. The van der Waals surface area contributed by atoms with Crippen molar-refractivity contribution in [3.63, 3.8) is 0 Å². The summed E-state index contributed by atoms with van der Waals surface area (Å²) in [4.78, 5) is 3.83. The van der Waals surface area contributed by atoms with Gasteiger partial charge in [0.1, 0.15) is 5.82 Å². The van der Waals surface area contributed by atoms with Crippen LogP contribution in [-0.2, 0) is 0 Å². The number of nitrogens with zero attached hydrogens (tertiary/aromatic N) is 1. The first-order valence-electron chi connectivity index (χ1n) is 5.13. The lowest BCUT2D eigenvalue weighted by atomic mass is 10.0. The Morgan fingerprint density at radius 2 is 2.00 bits per heavy atom. The molecule has 0 radical (unpaired) electrons. The Hall–Kier alpha value is -1.74. The average molecular weight is 216 g/mol. The minimum Gasteiger partial charge on any atom is -0.324 e. The summed E-state index contributed by atoms with van der Waals surface area (Å²) in [6.07, 6.45) is 2.84. The third-order valence-electron chi connectivity index (χ3n) is 2.45. The van der Waals surface area contributed by atoms with Gasteiger partial charge < -0.3 is 5.73 Å². The fourth-order valence-corrected chi connectivity index (χ4v) is 1.57. The highest BCUT2D eigenvalue weighted by Crippen LogP contribution is 2.22. The first-order valence-corrected chi connectivity index (χ1v) is 5.13. The number of halogens is 1. The van der Waals surface area contributed by atoms with E-state index < -0.39 is 0 Å². The average Bonchev–Trinajstić information content (AvgIpc) is 2.29. The first kappa shape index (κ1) is 10.8. The molecule has 0 amide bonds. The molecule has 16 heavy (non-hydrogen) atoms. The summed E-state index contributed by atoms with van der Waals surface area (Å²) >= 11 is 0. The Kier molecular flexibility index (Phi) is 2.97. The van der Waals surface area contributed by atoms with E-state index in [0.29, 0.717) is 0 Å². The van der Waals surface area contributed by atoms with Gasteiger partial charge in [-0.05, 0) is 30.2 Å². The maximum absolute atomic E-state index is 13.0. The molecule has 0 saturated heterocycles. The van der Waals surface area contributed by atoms with Crippen molar-refractivity contribution in [2.45, 2.75) is 13.0 Å². The molecular formula is C13H13FN2. The normalized spacial score (nSPS) is 12.4. The van der Waals surface area contributed by atoms with Crippen LogP contribution in [0.15, 0.2) is 42.7 Å². The molecule has 2 N–H and O–H groups in total. The molecule has 2 nitrogen and oxygen atoms in total. The largest absolute Gasteiger partial charge is 0.324 e. The van der Waals surface area contributed by atoms with Crippen molar-refractivity contribution in [2.75, 3.05) is 0 Å². The zero-order chi connectivity index (χ0) is 11.5. The molecule has 2 rings (SSSR count). The Morgan fingerprint density at radius 1 is 1.19 bits per heavy atom. The number of aromatic nitrogens is 1. The highest BCUT2D eigenvalue weighted by Gasteiger charge is 2.03. The molecule has 0 aliphatic carbocycles. The van der Waals surface area contributed by atoms with Gasteiger partial charge >= 0.3 is 0 Å². The maximum atomic E-state index is 13.0. The van der Waals surface area contributed by atoms with Gasteiger partial charge in [-0.2, -0.15) is 0 Å². The molecule has 82 valence electrons. The molecule has 1 aromatic heterocycles. The summed E-state index contributed by atoms with van der Waals surface area (Å²) in [5.74, 6) is -0.330. The van der Waals surface area contributed by atoms with Crippen LogP contribution < -0.4 is 5.73 Å². The van der Waals surface area contributed by atoms with Crippen LogP contribution in [0.4, 0.5) is 4.39 Å². The number of nitrogens with two attached hydrogens (primary N) is 1. The molecule has 1 unspecified atom stereocenters. The molecule has 0 aliphatic rings. The smallest absolute Gasteiger partial charge is 0.142 e. The second-order valence-electron chi connectivity index (χ2n) is 3.81. The van der Waals surface area contributed by atoms with Gasteiger partial charge in [0.2, 0.25) is 0 Å². The quantitative estimate of drug-likeness (QED) is 0.838. The van der Waals surface area contributed by atoms with E-state index in [1.807, 2.05) is 31.2 Å². The highest BCUT2D eigenvalue weighted by atomic mass is 19.1. The van der Waals surface area contributed by atoms with Crippen molar-refractivity contribution in [1.82, 2.24) is 4.98 Å². The van der Waals surface area contributed by atoms with Gasteiger partial charge in [0.15, 0.2) is 0 Å². The third kappa shape index (κ3) is 2.25. The Labute approximate surface area is 93.9 Å². The van der Waals surface area contributed by atoms with E-state index in [-0.39, 0.29) is 11.9 Å². The second-order valence-corrected chi connectivity index (χ2v) is 3.81. The van der Waals surface area contributed by atoms with Crippen LogP contribution in [0.2, 0.25) is 0 Å². The monoisotopic (exact) mass is 216 g/mol. The lowest BCUT2D eigenvalue weighted by molar-refractivity contribution is 0.622. The highest BCUT2D eigenvalue weighted by molar-refractivity contribution is 5.63. The fraction of sp³-hybridized carbons (Fsp3) is 0.154. The standard InChI is InChI=1S/C13H13FN2/c1-9(15)10-3-2-4-11(5-10)12-6-13(14)8-16-7-12/h2-9H,15H2,1H3.